The molecule has 0 heterocycles. The Labute approximate surface area is 245 Å². The van der Waals surface area contributed by atoms with Crippen molar-refractivity contribution in [1.29, 1.82) is 0 Å². The smallest absolute Gasteiger partial charge is 0.362 e. The molecule has 0 fully saturated rings. The lowest BCUT2D eigenvalue weighted by Crippen LogP contribution is -2.74. The van der Waals surface area contributed by atoms with Gasteiger partial charge in [0.2, 0.25) is 0 Å². The molecule has 0 aliphatic heterocycles. The lowest BCUT2D eigenvalue weighted by atomic mass is 9.91. The van der Waals surface area contributed by atoms with Gasteiger partial charge < -0.3 is 20.1 Å². The molecule has 0 saturated carbocycles. The first kappa shape index (κ1) is 38.1. The van der Waals surface area contributed by atoms with Crippen molar-refractivity contribution in [2.45, 2.75) is 174 Å². The molecule has 0 bridgehead atoms. The Balaban J connectivity index is 5.11. The van der Waals surface area contributed by atoms with Crippen molar-refractivity contribution in [2.24, 2.45) is 0 Å². The molecule has 0 radical (unpaired) electrons. The third kappa shape index (κ3) is 14.1. The topological polar surface area (TPSA) is 115 Å². The Morgan fingerprint density at radius 3 is 1.32 bits per heavy atom. The number of hydrogen-bond acceptors (Lipinski definition) is 4. The number of carbonyl (C=O) groups excluding carboxylic acids is 1. The van der Waals surface area contributed by atoms with Crippen LogP contribution in [0.15, 0.2) is 12.2 Å². The van der Waals surface area contributed by atoms with Crippen molar-refractivity contribution in [3.8, 4) is 0 Å². The van der Waals surface area contributed by atoms with Gasteiger partial charge in [0.05, 0.1) is 12.5 Å². The fraction of sp³-hybridized carbons (Fsp3) is 0.848. The van der Waals surface area contributed by atoms with Crippen LogP contribution in [-0.2, 0) is 14.4 Å². The highest BCUT2D eigenvalue weighted by Gasteiger charge is 2.54. The van der Waals surface area contributed by atoms with Crippen LogP contribution in [0.3, 0.4) is 0 Å². The Kier molecular flexibility index (Phi) is 22.7. The summed E-state index contributed by atoms with van der Waals surface area (Å²) >= 11 is 0. The molecule has 0 aromatic rings. The van der Waals surface area contributed by atoms with Crippen LogP contribution in [0.25, 0.3) is 0 Å². The molecule has 0 aliphatic rings. The molecule has 0 saturated heterocycles. The molecule has 2 N–H and O–H groups in total. The lowest BCUT2D eigenvalue weighted by molar-refractivity contribution is -0.975. The molecule has 0 aromatic heterocycles. The van der Waals surface area contributed by atoms with Gasteiger partial charge in [-0.15, -0.1) is 0 Å². The Morgan fingerprint density at radius 2 is 0.950 bits per heavy atom. The van der Waals surface area contributed by atoms with E-state index in [9.17, 15) is 29.7 Å². The molecule has 0 aromatic carbocycles. The largest absolute Gasteiger partial charge is 0.544 e. The molecule has 3 atom stereocenters. The van der Waals surface area contributed by atoms with E-state index in [1.165, 1.54) is 57.8 Å². The highest BCUT2D eigenvalue weighted by Crippen LogP contribution is 2.34. The number of carboxylic acids is 3. The van der Waals surface area contributed by atoms with Crippen LogP contribution in [0.1, 0.15) is 156 Å². The van der Waals surface area contributed by atoms with Gasteiger partial charge in [0.15, 0.2) is 12.1 Å². The van der Waals surface area contributed by atoms with E-state index in [4.69, 9.17) is 0 Å². The van der Waals surface area contributed by atoms with Crippen LogP contribution >= 0.6 is 0 Å². The normalized spacial score (nSPS) is 15.5. The van der Waals surface area contributed by atoms with Crippen LogP contribution < -0.4 is 5.11 Å². The summed E-state index contributed by atoms with van der Waals surface area (Å²) in [5.74, 6) is -3.56. The first-order valence-corrected chi connectivity index (χ1v) is 16.4. The van der Waals surface area contributed by atoms with E-state index in [-0.39, 0.29) is 25.8 Å². The number of aliphatic carboxylic acids is 3. The summed E-state index contributed by atoms with van der Waals surface area (Å²) in [6.45, 7) is 8.03. The summed E-state index contributed by atoms with van der Waals surface area (Å²) in [5, 5.41) is 32.9. The van der Waals surface area contributed by atoms with Crippen LogP contribution in [0.5, 0.6) is 0 Å². The molecule has 0 rings (SSSR count). The van der Waals surface area contributed by atoms with E-state index >= 15 is 0 Å². The van der Waals surface area contributed by atoms with Gasteiger partial charge in [0.1, 0.15) is 6.04 Å². The maximum atomic E-state index is 12.5. The standard InChI is InChI=1S/C33H61NO6/c1-5-9-10-11-12-13-14-15-16-17-18-19-20-21-22-23-27-34(28(24-6-2)31(35)36,29(25-7-3)32(37)38)30(26-8-4)33(39)40/h12-13,28-30H,5-11,14-27H2,1-4H3,(H2-,35,36,37,38,39,40)/b13-12+. The second-order valence-electron chi connectivity index (χ2n) is 11.6. The van der Waals surface area contributed by atoms with E-state index in [1.54, 1.807) is 0 Å². The number of carboxylic acid groups (broad SMARTS) is 3. The van der Waals surface area contributed by atoms with Gasteiger partial charge in [-0.3, -0.25) is 4.48 Å². The van der Waals surface area contributed by atoms with Crippen molar-refractivity contribution < 1.29 is 34.2 Å². The average Bonchev–Trinajstić information content (AvgIpc) is 2.91. The summed E-state index contributed by atoms with van der Waals surface area (Å²) in [4.78, 5) is 37.5. The minimum absolute atomic E-state index is 0.206. The van der Waals surface area contributed by atoms with Gasteiger partial charge in [-0.1, -0.05) is 97.6 Å². The quantitative estimate of drug-likeness (QED) is 0.0584. The maximum absolute atomic E-state index is 12.5. The number of hydrogen-bond donors (Lipinski definition) is 2. The van der Waals surface area contributed by atoms with E-state index in [2.05, 4.69) is 19.1 Å². The minimum atomic E-state index is -1.33. The fourth-order valence-corrected chi connectivity index (χ4v) is 6.27. The SMILES string of the molecule is CCCCC/C=C/CCCCCCCCCCC[N+](C(CCC)C(=O)[O-])(C(CCC)C(=O)O)C(CCC)C(=O)O. The summed E-state index contributed by atoms with van der Waals surface area (Å²) in [6, 6.07) is -3.33. The highest BCUT2D eigenvalue weighted by atomic mass is 16.4. The second kappa shape index (κ2) is 23.8. The van der Waals surface area contributed by atoms with Crippen molar-refractivity contribution in [2.75, 3.05) is 6.54 Å². The molecule has 0 spiro atoms. The predicted octanol–water partition coefficient (Wildman–Crippen LogP) is 7.27. The number of quaternary nitrogens is 1. The van der Waals surface area contributed by atoms with Gasteiger partial charge in [0.25, 0.3) is 0 Å². The van der Waals surface area contributed by atoms with Gasteiger partial charge in [0, 0.05) is 19.3 Å². The number of rotatable bonds is 28. The van der Waals surface area contributed by atoms with Crippen LogP contribution in [0.4, 0.5) is 0 Å². The monoisotopic (exact) mass is 567 g/mol. The zero-order valence-corrected chi connectivity index (χ0v) is 26.2. The molecule has 0 aliphatic carbocycles. The minimum Gasteiger partial charge on any atom is -0.544 e. The third-order valence-electron chi connectivity index (χ3n) is 8.33. The summed E-state index contributed by atoms with van der Waals surface area (Å²) in [6.07, 6.45) is 22.8. The molecule has 7 heteroatoms. The molecular formula is C33H61NO6. The second-order valence-corrected chi connectivity index (χ2v) is 11.6. The lowest BCUT2D eigenvalue weighted by Gasteiger charge is -2.52. The number of nitrogens with zero attached hydrogens (tertiary/aromatic N) is 1. The van der Waals surface area contributed by atoms with Crippen molar-refractivity contribution in [3.63, 3.8) is 0 Å². The molecule has 234 valence electrons. The zero-order valence-electron chi connectivity index (χ0n) is 26.2. The summed E-state index contributed by atoms with van der Waals surface area (Å²) < 4.78 is -0.435. The van der Waals surface area contributed by atoms with Gasteiger partial charge >= 0.3 is 11.9 Å². The van der Waals surface area contributed by atoms with Crippen LogP contribution in [-0.4, -0.2) is 57.3 Å². The summed E-state index contributed by atoms with van der Waals surface area (Å²) in [5.41, 5.74) is 0. The third-order valence-corrected chi connectivity index (χ3v) is 8.33. The molecule has 40 heavy (non-hydrogen) atoms. The number of allylic oxidation sites excluding steroid dienone is 2. The fourth-order valence-electron chi connectivity index (χ4n) is 6.27. The van der Waals surface area contributed by atoms with E-state index in [1.807, 2.05) is 20.8 Å². The molecule has 3 unspecified atom stereocenters. The molecular weight excluding hydrogens is 506 g/mol. The van der Waals surface area contributed by atoms with Crippen LogP contribution in [0.2, 0.25) is 0 Å². The van der Waals surface area contributed by atoms with Gasteiger partial charge in [-0.2, -0.15) is 0 Å². The van der Waals surface area contributed by atoms with E-state index in [0.29, 0.717) is 25.7 Å². The van der Waals surface area contributed by atoms with Gasteiger partial charge in [-0.25, -0.2) is 9.59 Å². The molecule has 7 nitrogen and oxygen atoms in total. The summed E-state index contributed by atoms with van der Waals surface area (Å²) in [7, 11) is 0. The van der Waals surface area contributed by atoms with Crippen molar-refractivity contribution in [1.82, 2.24) is 0 Å². The predicted molar refractivity (Wildman–Crippen MR) is 161 cm³/mol. The highest BCUT2D eigenvalue weighted by molar-refractivity contribution is 5.77. The van der Waals surface area contributed by atoms with E-state index in [0.717, 1.165) is 25.7 Å². The molecule has 0 amide bonds. The Morgan fingerprint density at radius 1 is 0.575 bits per heavy atom. The Hall–Kier alpha value is -1.89. The Bertz CT molecular complexity index is 647. The van der Waals surface area contributed by atoms with Gasteiger partial charge in [-0.05, 0) is 51.4 Å². The number of unbranched alkanes of at least 4 members (excludes halogenated alkanes) is 12. The first-order valence-electron chi connectivity index (χ1n) is 16.4. The zero-order chi connectivity index (χ0) is 30.2. The maximum Gasteiger partial charge on any atom is 0.362 e. The van der Waals surface area contributed by atoms with Crippen molar-refractivity contribution >= 4 is 17.9 Å². The average molecular weight is 568 g/mol. The van der Waals surface area contributed by atoms with Crippen molar-refractivity contribution in [3.05, 3.63) is 12.2 Å². The number of carbonyl (C=O) groups is 3. The first-order chi connectivity index (χ1) is 19.2. The van der Waals surface area contributed by atoms with Crippen LogP contribution in [0, 0.1) is 0 Å². The van der Waals surface area contributed by atoms with E-state index < -0.39 is 40.5 Å².